The van der Waals surface area contributed by atoms with Crippen LogP contribution in [0, 0.1) is 11.6 Å². The number of carbonyl (C=O) groups excluding carboxylic acids is 2. The van der Waals surface area contributed by atoms with E-state index in [2.05, 4.69) is 10.3 Å². The number of hydrogen-bond acceptors (Lipinski definition) is 4. The Bertz CT molecular complexity index is 673. The number of nitrogens with zero attached hydrogens (tertiary/aromatic N) is 1. The summed E-state index contributed by atoms with van der Waals surface area (Å²) in [6, 6.07) is 2.28. The Labute approximate surface area is 132 Å². The average Bonchev–Trinajstić information content (AvgIpc) is 2.36. The van der Waals surface area contributed by atoms with Gasteiger partial charge in [0, 0.05) is 0 Å². The van der Waals surface area contributed by atoms with Gasteiger partial charge in [0.25, 0.3) is 0 Å². The summed E-state index contributed by atoms with van der Waals surface area (Å²) in [5.41, 5.74) is -1.67. The first-order chi connectivity index (χ1) is 10.7. The van der Waals surface area contributed by atoms with Crippen molar-refractivity contribution in [2.75, 3.05) is 5.32 Å². The van der Waals surface area contributed by atoms with E-state index < -0.39 is 28.9 Å². The third-order valence-electron chi connectivity index (χ3n) is 3.64. The van der Waals surface area contributed by atoms with Gasteiger partial charge < -0.3 is 4.74 Å². The van der Waals surface area contributed by atoms with Crippen LogP contribution in [0.15, 0.2) is 17.1 Å². The number of ether oxygens (including phenoxy) is 1. The molecule has 1 aromatic rings. The maximum Gasteiger partial charge on any atom is 0.412 e. The molecule has 1 aromatic carbocycles. The van der Waals surface area contributed by atoms with Gasteiger partial charge in [0.2, 0.25) is 6.08 Å². The summed E-state index contributed by atoms with van der Waals surface area (Å²) in [4.78, 5) is 26.1. The quantitative estimate of drug-likeness (QED) is 0.674. The van der Waals surface area contributed by atoms with Gasteiger partial charge in [-0.05, 0) is 57.7 Å². The second-order valence-electron chi connectivity index (χ2n) is 6.53. The average molecular weight is 324 g/mol. The Morgan fingerprint density at radius 2 is 2.00 bits per heavy atom. The van der Waals surface area contributed by atoms with Gasteiger partial charge in [-0.2, -0.15) is 4.99 Å². The van der Waals surface area contributed by atoms with Gasteiger partial charge in [-0.25, -0.2) is 18.4 Å². The molecule has 1 aliphatic rings. The lowest BCUT2D eigenvalue weighted by molar-refractivity contribution is 0.0635. The number of rotatable bonds is 3. The lowest BCUT2D eigenvalue weighted by atomic mass is 9.72. The second-order valence-corrected chi connectivity index (χ2v) is 6.53. The fourth-order valence-electron chi connectivity index (χ4n) is 2.43. The molecule has 124 valence electrons. The molecule has 0 bridgehead atoms. The fraction of sp³-hybridized carbons (Fsp3) is 0.500. The molecular formula is C16H18F2N2O3. The summed E-state index contributed by atoms with van der Waals surface area (Å²) >= 11 is 0. The van der Waals surface area contributed by atoms with E-state index in [1.165, 1.54) is 12.1 Å². The molecule has 7 heteroatoms. The highest BCUT2D eigenvalue weighted by Crippen LogP contribution is 2.45. The Hall–Kier alpha value is -2.27. The molecule has 1 saturated carbocycles. The van der Waals surface area contributed by atoms with Gasteiger partial charge in [0.1, 0.15) is 5.60 Å². The Balaban J connectivity index is 2.34. The molecule has 1 amide bonds. The van der Waals surface area contributed by atoms with Crippen molar-refractivity contribution in [3.8, 4) is 0 Å². The molecule has 0 aliphatic heterocycles. The van der Waals surface area contributed by atoms with Crippen LogP contribution in [0.2, 0.25) is 0 Å². The molecule has 2 rings (SSSR count). The maximum atomic E-state index is 13.9. The molecule has 1 fully saturated rings. The van der Waals surface area contributed by atoms with Crippen molar-refractivity contribution in [3.05, 3.63) is 29.3 Å². The zero-order chi connectivity index (χ0) is 17.3. The number of benzene rings is 1. The zero-order valence-electron chi connectivity index (χ0n) is 13.2. The van der Waals surface area contributed by atoms with Gasteiger partial charge >= 0.3 is 6.09 Å². The molecule has 0 saturated heterocycles. The zero-order valence-corrected chi connectivity index (χ0v) is 13.2. The number of hydrogen-bond donors (Lipinski definition) is 1. The van der Waals surface area contributed by atoms with Crippen molar-refractivity contribution >= 4 is 17.9 Å². The van der Waals surface area contributed by atoms with Crippen LogP contribution < -0.4 is 5.32 Å². The van der Waals surface area contributed by atoms with Gasteiger partial charge in [-0.1, -0.05) is 0 Å². The van der Waals surface area contributed by atoms with E-state index >= 15 is 0 Å². The summed E-state index contributed by atoms with van der Waals surface area (Å²) < 4.78 is 32.8. The molecule has 5 nitrogen and oxygen atoms in total. The minimum atomic E-state index is -1.19. The molecule has 0 aromatic heterocycles. The van der Waals surface area contributed by atoms with Crippen molar-refractivity contribution in [1.29, 1.82) is 0 Å². The molecule has 1 N–H and O–H groups in total. The van der Waals surface area contributed by atoms with Gasteiger partial charge in [0.15, 0.2) is 11.6 Å². The third-order valence-corrected chi connectivity index (χ3v) is 3.64. The first-order valence-electron chi connectivity index (χ1n) is 7.25. The number of anilines is 1. The highest BCUT2D eigenvalue weighted by Gasteiger charge is 2.40. The van der Waals surface area contributed by atoms with Gasteiger partial charge in [-0.15, -0.1) is 0 Å². The maximum absolute atomic E-state index is 13.9. The van der Waals surface area contributed by atoms with Crippen molar-refractivity contribution in [3.63, 3.8) is 0 Å². The lowest BCUT2D eigenvalue weighted by Gasteiger charge is -2.37. The van der Waals surface area contributed by atoms with Crippen molar-refractivity contribution < 1.29 is 23.1 Å². The van der Waals surface area contributed by atoms with Crippen LogP contribution in [0.4, 0.5) is 19.3 Å². The first-order valence-corrected chi connectivity index (χ1v) is 7.25. The minimum absolute atomic E-state index is 0.331. The van der Waals surface area contributed by atoms with E-state index in [1.807, 2.05) is 0 Å². The van der Waals surface area contributed by atoms with E-state index in [1.54, 1.807) is 20.8 Å². The minimum Gasteiger partial charge on any atom is -0.444 e. The highest BCUT2D eigenvalue weighted by molar-refractivity contribution is 5.85. The molecule has 23 heavy (non-hydrogen) atoms. The van der Waals surface area contributed by atoms with E-state index in [9.17, 15) is 18.4 Å². The van der Waals surface area contributed by atoms with Crippen LogP contribution in [-0.2, 0) is 15.1 Å². The summed E-state index contributed by atoms with van der Waals surface area (Å²) in [6.45, 7) is 4.96. The van der Waals surface area contributed by atoms with E-state index in [-0.39, 0.29) is 5.69 Å². The topological polar surface area (TPSA) is 67.8 Å². The molecule has 0 atom stereocenters. The van der Waals surface area contributed by atoms with Crippen molar-refractivity contribution in [2.24, 2.45) is 4.99 Å². The van der Waals surface area contributed by atoms with Crippen LogP contribution in [0.5, 0.6) is 0 Å². The normalized spacial score (nSPS) is 16.0. The number of nitrogens with one attached hydrogen (secondary N) is 1. The predicted octanol–water partition coefficient (Wildman–Crippen LogP) is 4.03. The van der Waals surface area contributed by atoms with Crippen LogP contribution in [0.1, 0.15) is 45.6 Å². The predicted molar refractivity (Wildman–Crippen MR) is 79.9 cm³/mol. The second kappa shape index (κ2) is 6.08. The van der Waals surface area contributed by atoms with E-state index in [4.69, 9.17) is 4.74 Å². The molecule has 1 aliphatic carbocycles. The monoisotopic (exact) mass is 324 g/mol. The van der Waals surface area contributed by atoms with Crippen LogP contribution in [0.3, 0.4) is 0 Å². The summed E-state index contributed by atoms with van der Waals surface area (Å²) in [5, 5.41) is 2.19. The van der Waals surface area contributed by atoms with Gasteiger partial charge in [0.05, 0.1) is 11.2 Å². The summed E-state index contributed by atoms with van der Waals surface area (Å²) in [7, 11) is 0. The third kappa shape index (κ3) is 3.74. The number of isocyanates is 1. The summed E-state index contributed by atoms with van der Waals surface area (Å²) in [6.07, 6.45) is 2.49. The number of carbonyl (C=O) groups is 1. The summed E-state index contributed by atoms with van der Waals surface area (Å²) in [5.74, 6) is -2.31. The smallest absolute Gasteiger partial charge is 0.412 e. The Kier molecular flexibility index (Phi) is 4.52. The first kappa shape index (κ1) is 17.1. The molecular weight excluding hydrogens is 306 g/mol. The van der Waals surface area contributed by atoms with Crippen molar-refractivity contribution in [2.45, 2.75) is 51.2 Å². The Morgan fingerprint density at radius 1 is 1.35 bits per heavy atom. The highest BCUT2D eigenvalue weighted by atomic mass is 19.2. The lowest BCUT2D eigenvalue weighted by Crippen LogP contribution is -2.32. The molecule has 0 spiro atoms. The number of aliphatic imine (C=N–C) groups is 1. The van der Waals surface area contributed by atoms with E-state index in [0.29, 0.717) is 18.4 Å². The van der Waals surface area contributed by atoms with Crippen LogP contribution in [0.25, 0.3) is 0 Å². The van der Waals surface area contributed by atoms with Gasteiger partial charge in [-0.3, -0.25) is 5.32 Å². The fourth-order valence-corrected chi connectivity index (χ4v) is 2.43. The standard InChI is InChI=1S/C16H18F2N2O3/c1-15(2,3)23-14(22)20-12-8-10(7-11(17)13(12)18)16(19-9-21)5-4-6-16/h7-8H,4-6H2,1-3H3,(H,20,22). The molecule has 0 radical (unpaired) electrons. The van der Waals surface area contributed by atoms with Crippen molar-refractivity contribution in [1.82, 2.24) is 0 Å². The molecule has 0 heterocycles. The van der Waals surface area contributed by atoms with Crippen LogP contribution in [-0.4, -0.2) is 17.8 Å². The molecule has 0 unspecified atom stereocenters. The largest absolute Gasteiger partial charge is 0.444 e. The number of halogens is 2. The SMILES string of the molecule is CC(C)(C)OC(=O)Nc1cc(C2(N=C=O)CCC2)cc(F)c1F. The van der Waals surface area contributed by atoms with E-state index in [0.717, 1.165) is 12.5 Å². The Morgan fingerprint density at radius 3 is 2.48 bits per heavy atom. The number of amides is 1. The van der Waals surface area contributed by atoms with Crippen LogP contribution >= 0.6 is 0 Å².